The maximum absolute atomic E-state index is 13.0. The maximum atomic E-state index is 13.0. The van der Waals surface area contributed by atoms with Crippen LogP contribution in [-0.4, -0.2) is 28.1 Å². The van der Waals surface area contributed by atoms with Gasteiger partial charge < -0.3 is 10.4 Å². The van der Waals surface area contributed by atoms with E-state index in [-0.39, 0.29) is 5.82 Å². The Hall–Kier alpha value is -1.23. The van der Waals surface area contributed by atoms with Crippen molar-refractivity contribution < 1.29 is 14.3 Å². The van der Waals surface area contributed by atoms with Crippen LogP contribution in [0, 0.1) is 5.82 Å². The lowest BCUT2D eigenvalue weighted by atomic mass is 9.99. The van der Waals surface area contributed by atoms with Gasteiger partial charge in [0.05, 0.1) is 0 Å². The van der Waals surface area contributed by atoms with Crippen LogP contribution < -0.4 is 5.32 Å². The van der Waals surface area contributed by atoms with Gasteiger partial charge in [-0.05, 0) is 30.4 Å². The molecule has 0 saturated carbocycles. The van der Waals surface area contributed by atoms with Gasteiger partial charge in [-0.15, -0.1) is 0 Å². The number of hydrogen-bond acceptors (Lipinski definition) is 3. The van der Waals surface area contributed by atoms with E-state index >= 15 is 0 Å². The van der Waals surface area contributed by atoms with Gasteiger partial charge in [-0.25, -0.2) is 9.18 Å². The van der Waals surface area contributed by atoms with Gasteiger partial charge in [0, 0.05) is 11.4 Å². The van der Waals surface area contributed by atoms with Crippen molar-refractivity contribution in [1.82, 2.24) is 0 Å². The second-order valence-electron chi connectivity index (χ2n) is 3.83. The summed E-state index contributed by atoms with van der Waals surface area (Å²) in [5.41, 5.74) is -0.428. The third-order valence-electron chi connectivity index (χ3n) is 2.64. The molecule has 0 bridgehead atoms. The van der Waals surface area contributed by atoms with Gasteiger partial charge in [0.25, 0.3) is 0 Å². The van der Waals surface area contributed by atoms with Gasteiger partial charge in [0.15, 0.2) is 0 Å². The van der Waals surface area contributed by atoms with Crippen molar-refractivity contribution in [3.8, 4) is 0 Å². The Labute approximate surface area is 97.0 Å². The van der Waals surface area contributed by atoms with Gasteiger partial charge in [0.2, 0.25) is 0 Å². The first-order chi connectivity index (χ1) is 7.62. The van der Waals surface area contributed by atoms with Gasteiger partial charge in [-0.1, -0.05) is 6.07 Å². The molecule has 2 N–H and O–H groups in total. The van der Waals surface area contributed by atoms with Crippen molar-refractivity contribution in [2.75, 3.05) is 16.8 Å². The summed E-state index contributed by atoms with van der Waals surface area (Å²) < 4.78 is 13.0. The van der Waals surface area contributed by atoms with Gasteiger partial charge in [-0.3, -0.25) is 0 Å². The summed E-state index contributed by atoms with van der Waals surface area (Å²) in [6, 6.07) is 5.89. The number of thioether (sulfide) groups is 1. The number of carboxylic acids is 1. The number of carbonyl (C=O) groups is 1. The Morgan fingerprint density at radius 3 is 2.94 bits per heavy atom. The van der Waals surface area contributed by atoms with E-state index in [1.165, 1.54) is 12.1 Å². The highest BCUT2D eigenvalue weighted by atomic mass is 32.2. The number of benzene rings is 1. The summed E-state index contributed by atoms with van der Waals surface area (Å²) in [5.74, 6) is 0.0888. The van der Waals surface area contributed by atoms with Gasteiger partial charge in [-0.2, -0.15) is 11.8 Å². The molecular weight excluding hydrogens is 229 g/mol. The third kappa shape index (κ3) is 2.14. The summed E-state index contributed by atoms with van der Waals surface area (Å²) in [4.78, 5) is 11.2. The highest BCUT2D eigenvalue weighted by Gasteiger charge is 2.41. The molecule has 16 heavy (non-hydrogen) atoms. The van der Waals surface area contributed by atoms with Crippen LogP contribution in [0.3, 0.4) is 0 Å². The molecule has 2 rings (SSSR count). The summed E-state index contributed by atoms with van der Waals surface area (Å²) >= 11 is 1.60. The highest BCUT2D eigenvalue weighted by molar-refractivity contribution is 7.99. The zero-order valence-corrected chi connectivity index (χ0v) is 9.39. The van der Waals surface area contributed by atoms with Crippen LogP contribution in [0.1, 0.15) is 6.42 Å². The van der Waals surface area contributed by atoms with Gasteiger partial charge >= 0.3 is 5.97 Å². The van der Waals surface area contributed by atoms with Crippen LogP contribution in [-0.2, 0) is 4.79 Å². The Balaban J connectivity index is 2.21. The second kappa shape index (κ2) is 4.33. The molecule has 0 aliphatic carbocycles. The topological polar surface area (TPSA) is 49.3 Å². The monoisotopic (exact) mass is 241 g/mol. The SMILES string of the molecule is O=C(O)C1(Nc2cccc(F)c2)CCSC1. The minimum absolute atomic E-state index is 0.365. The summed E-state index contributed by atoms with van der Waals surface area (Å²) in [7, 11) is 0. The summed E-state index contributed by atoms with van der Waals surface area (Å²) in [6.45, 7) is 0. The molecule has 0 amide bonds. The molecule has 3 nitrogen and oxygen atoms in total. The zero-order chi connectivity index (χ0) is 11.6. The third-order valence-corrected chi connectivity index (χ3v) is 3.83. The Kier molecular flexibility index (Phi) is 3.05. The molecule has 1 aromatic carbocycles. The minimum Gasteiger partial charge on any atom is -0.479 e. The van der Waals surface area contributed by atoms with Crippen LogP contribution in [0.5, 0.6) is 0 Å². The Morgan fingerprint density at radius 2 is 2.38 bits per heavy atom. The van der Waals surface area contributed by atoms with Crippen molar-refractivity contribution >= 4 is 23.4 Å². The van der Waals surface area contributed by atoms with Gasteiger partial charge in [0.1, 0.15) is 11.4 Å². The standard InChI is InChI=1S/C11H12FNO2S/c12-8-2-1-3-9(6-8)13-11(10(14)15)4-5-16-7-11/h1-3,6,13H,4-5,7H2,(H,14,15). The first-order valence-corrected chi connectivity index (χ1v) is 6.13. The predicted octanol–water partition coefficient (Wildman–Crippen LogP) is 2.20. The largest absolute Gasteiger partial charge is 0.479 e. The van der Waals surface area contributed by atoms with Crippen LogP contribution in [0.25, 0.3) is 0 Å². The number of hydrogen-bond donors (Lipinski definition) is 2. The molecule has 1 aliphatic rings. The van der Waals surface area contributed by atoms with E-state index in [1.807, 2.05) is 0 Å². The molecule has 1 aromatic rings. The number of anilines is 1. The number of halogens is 1. The lowest BCUT2D eigenvalue weighted by Crippen LogP contribution is -2.46. The predicted molar refractivity (Wildman–Crippen MR) is 62.3 cm³/mol. The normalized spacial score (nSPS) is 24.3. The maximum Gasteiger partial charge on any atom is 0.330 e. The number of carboxylic acid groups (broad SMARTS) is 1. The number of nitrogens with one attached hydrogen (secondary N) is 1. The Bertz CT molecular complexity index is 405. The van der Waals surface area contributed by atoms with E-state index in [0.717, 1.165) is 5.75 Å². The Morgan fingerprint density at radius 1 is 1.56 bits per heavy atom. The number of rotatable bonds is 3. The molecule has 1 heterocycles. The molecule has 5 heteroatoms. The molecule has 1 fully saturated rings. The molecule has 0 radical (unpaired) electrons. The first-order valence-electron chi connectivity index (χ1n) is 4.97. The molecule has 0 spiro atoms. The molecular formula is C11H12FNO2S. The van der Waals surface area contributed by atoms with E-state index in [0.29, 0.717) is 17.9 Å². The highest BCUT2D eigenvalue weighted by Crippen LogP contribution is 2.31. The minimum atomic E-state index is -0.946. The van der Waals surface area contributed by atoms with Crippen molar-refractivity contribution in [1.29, 1.82) is 0 Å². The van der Waals surface area contributed by atoms with Crippen molar-refractivity contribution in [3.05, 3.63) is 30.1 Å². The zero-order valence-electron chi connectivity index (χ0n) is 8.57. The summed E-state index contributed by atoms with van der Waals surface area (Å²) in [5, 5.41) is 12.2. The van der Waals surface area contributed by atoms with Crippen molar-refractivity contribution in [2.24, 2.45) is 0 Å². The lowest BCUT2D eigenvalue weighted by Gasteiger charge is -2.25. The van der Waals surface area contributed by atoms with Crippen molar-refractivity contribution in [3.63, 3.8) is 0 Å². The van der Waals surface area contributed by atoms with Crippen LogP contribution >= 0.6 is 11.8 Å². The summed E-state index contributed by atoms with van der Waals surface area (Å²) in [6.07, 6.45) is 0.559. The fourth-order valence-electron chi connectivity index (χ4n) is 1.73. The van der Waals surface area contributed by atoms with Crippen LogP contribution in [0.2, 0.25) is 0 Å². The average Bonchev–Trinajstić information content (AvgIpc) is 2.67. The molecule has 1 aliphatic heterocycles. The average molecular weight is 241 g/mol. The number of aliphatic carboxylic acids is 1. The van der Waals surface area contributed by atoms with E-state index in [2.05, 4.69) is 5.32 Å². The van der Waals surface area contributed by atoms with E-state index in [4.69, 9.17) is 0 Å². The fourth-order valence-corrected chi connectivity index (χ4v) is 3.05. The van der Waals surface area contributed by atoms with E-state index < -0.39 is 11.5 Å². The fraction of sp³-hybridized carbons (Fsp3) is 0.364. The lowest BCUT2D eigenvalue weighted by molar-refractivity contribution is -0.141. The first kappa shape index (κ1) is 11.3. The van der Waals surface area contributed by atoms with Crippen molar-refractivity contribution in [2.45, 2.75) is 12.0 Å². The smallest absolute Gasteiger partial charge is 0.330 e. The van der Waals surface area contributed by atoms with E-state index in [9.17, 15) is 14.3 Å². The van der Waals surface area contributed by atoms with Crippen LogP contribution in [0.15, 0.2) is 24.3 Å². The van der Waals surface area contributed by atoms with Crippen LogP contribution in [0.4, 0.5) is 10.1 Å². The molecule has 1 atom stereocenters. The second-order valence-corrected chi connectivity index (χ2v) is 4.93. The molecule has 1 unspecified atom stereocenters. The molecule has 0 aromatic heterocycles. The quantitative estimate of drug-likeness (QED) is 0.851. The van der Waals surface area contributed by atoms with E-state index in [1.54, 1.807) is 23.9 Å². The molecule has 86 valence electrons. The molecule has 1 saturated heterocycles.